The fraction of sp³-hybridized carbons (Fsp3) is 0.385. The van der Waals surface area contributed by atoms with E-state index in [0.717, 1.165) is 22.5 Å². The minimum absolute atomic E-state index is 0.558. The second-order valence-electron chi connectivity index (χ2n) is 4.11. The lowest BCUT2D eigenvalue weighted by molar-refractivity contribution is 0.199. The minimum atomic E-state index is 0.558. The Morgan fingerprint density at radius 2 is 2.25 bits per heavy atom. The maximum absolute atomic E-state index is 5.40. The molecule has 1 N–H and O–H groups in total. The van der Waals surface area contributed by atoms with E-state index in [1.165, 1.54) is 17.3 Å². The molecular weight excluding hydrogens is 342 g/mol. The average molecular weight is 358 g/mol. The number of ether oxygens (including phenoxy) is 1. The van der Waals surface area contributed by atoms with Crippen molar-refractivity contribution in [1.29, 1.82) is 0 Å². The zero-order valence-corrected chi connectivity index (χ0v) is 13.8. The Hall–Kier alpha value is -0.890. The van der Waals surface area contributed by atoms with Crippen LogP contribution >= 0.6 is 27.7 Å². The van der Waals surface area contributed by atoms with Crippen molar-refractivity contribution in [2.75, 3.05) is 20.3 Å². The van der Waals surface area contributed by atoms with Crippen LogP contribution in [0.1, 0.15) is 11.5 Å². The molecular formula is C13H16BrN3O2S. The molecule has 0 fully saturated rings. The summed E-state index contributed by atoms with van der Waals surface area (Å²) in [5, 5.41) is 11.7. The Bertz CT molecular complexity index is 562. The molecule has 0 radical (unpaired) electrons. The summed E-state index contributed by atoms with van der Waals surface area (Å²) in [6.07, 6.45) is 0. The van der Waals surface area contributed by atoms with Crippen LogP contribution in [-0.2, 0) is 11.3 Å². The summed E-state index contributed by atoms with van der Waals surface area (Å²) in [7, 11) is 1.69. The fourth-order valence-electron chi connectivity index (χ4n) is 1.60. The molecule has 1 aromatic carbocycles. The van der Waals surface area contributed by atoms with Crippen molar-refractivity contribution in [2.45, 2.75) is 23.6 Å². The van der Waals surface area contributed by atoms with Crippen LogP contribution in [0.4, 0.5) is 0 Å². The third-order valence-corrected chi connectivity index (χ3v) is 3.98. The first-order valence-electron chi connectivity index (χ1n) is 6.15. The van der Waals surface area contributed by atoms with Crippen molar-refractivity contribution in [2.24, 2.45) is 0 Å². The van der Waals surface area contributed by atoms with Gasteiger partial charge in [-0.1, -0.05) is 15.9 Å². The van der Waals surface area contributed by atoms with Crippen molar-refractivity contribution in [1.82, 2.24) is 15.5 Å². The second kappa shape index (κ2) is 7.78. The van der Waals surface area contributed by atoms with Crippen LogP contribution < -0.4 is 5.32 Å². The molecule has 2 aromatic rings. The highest BCUT2D eigenvalue weighted by molar-refractivity contribution is 9.10. The number of nitrogens with one attached hydrogen (secondary N) is 1. The SMILES string of the molecule is COCCNCc1cc(Br)ccc1Sc1nnc(C)o1. The first-order valence-corrected chi connectivity index (χ1v) is 7.76. The van der Waals surface area contributed by atoms with Gasteiger partial charge in [-0.2, -0.15) is 0 Å². The van der Waals surface area contributed by atoms with Gasteiger partial charge in [0, 0.05) is 36.5 Å². The third kappa shape index (κ3) is 4.59. The van der Waals surface area contributed by atoms with Gasteiger partial charge in [0.1, 0.15) is 0 Å². The van der Waals surface area contributed by atoms with Crippen molar-refractivity contribution in [3.63, 3.8) is 0 Å². The zero-order chi connectivity index (χ0) is 14.4. The molecule has 0 aliphatic rings. The Kier molecular flexibility index (Phi) is 6.03. The standard InChI is InChI=1S/C13H16BrN3O2S/c1-9-16-17-13(19-9)20-12-4-3-11(14)7-10(12)8-15-5-6-18-2/h3-4,7,15H,5-6,8H2,1-2H3. The van der Waals surface area contributed by atoms with Crippen LogP contribution in [0.2, 0.25) is 0 Å². The number of hydrogen-bond donors (Lipinski definition) is 1. The molecule has 1 aromatic heterocycles. The van der Waals surface area contributed by atoms with E-state index in [2.05, 4.69) is 37.5 Å². The molecule has 108 valence electrons. The quantitative estimate of drug-likeness (QED) is 0.768. The summed E-state index contributed by atoms with van der Waals surface area (Å²) in [5.74, 6) is 0.574. The smallest absolute Gasteiger partial charge is 0.281 e. The number of halogens is 1. The van der Waals surface area contributed by atoms with Crippen LogP contribution in [0.5, 0.6) is 0 Å². The van der Waals surface area contributed by atoms with Crippen LogP contribution in [0.15, 0.2) is 37.2 Å². The second-order valence-corrected chi connectivity index (χ2v) is 6.02. The van der Waals surface area contributed by atoms with E-state index < -0.39 is 0 Å². The van der Waals surface area contributed by atoms with Gasteiger partial charge in [-0.05, 0) is 35.5 Å². The lowest BCUT2D eigenvalue weighted by atomic mass is 10.2. The van der Waals surface area contributed by atoms with Crippen LogP contribution in [0.25, 0.3) is 0 Å². The summed E-state index contributed by atoms with van der Waals surface area (Å²) in [6, 6.07) is 6.14. The van der Waals surface area contributed by atoms with E-state index in [9.17, 15) is 0 Å². The third-order valence-electron chi connectivity index (χ3n) is 2.53. The molecule has 0 saturated carbocycles. The minimum Gasteiger partial charge on any atom is -0.416 e. The number of aromatic nitrogens is 2. The Balaban J connectivity index is 2.06. The topological polar surface area (TPSA) is 60.2 Å². The molecule has 2 rings (SSSR count). The molecule has 20 heavy (non-hydrogen) atoms. The van der Waals surface area contributed by atoms with E-state index in [4.69, 9.17) is 9.15 Å². The molecule has 1 heterocycles. The summed E-state index contributed by atoms with van der Waals surface area (Å²) in [4.78, 5) is 1.10. The molecule has 0 aliphatic carbocycles. The van der Waals surface area contributed by atoms with Crippen molar-refractivity contribution in [3.8, 4) is 0 Å². The van der Waals surface area contributed by atoms with Crippen LogP contribution in [-0.4, -0.2) is 30.5 Å². The number of rotatable bonds is 7. The van der Waals surface area contributed by atoms with E-state index in [1.54, 1.807) is 14.0 Å². The van der Waals surface area contributed by atoms with E-state index in [0.29, 0.717) is 17.7 Å². The van der Waals surface area contributed by atoms with Gasteiger partial charge in [-0.3, -0.25) is 0 Å². The van der Waals surface area contributed by atoms with Gasteiger partial charge in [0.05, 0.1) is 6.61 Å². The average Bonchev–Trinajstić information content (AvgIpc) is 2.83. The highest BCUT2D eigenvalue weighted by Crippen LogP contribution is 2.31. The van der Waals surface area contributed by atoms with Crippen LogP contribution in [0, 0.1) is 6.92 Å². The Morgan fingerprint density at radius 3 is 2.95 bits per heavy atom. The Morgan fingerprint density at radius 1 is 1.40 bits per heavy atom. The first kappa shape index (κ1) is 15.5. The van der Waals surface area contributed by atoms with Gasteiger partial charge >= 0.3 is 0 Å². The molecule has 0 saturated heterocycles. The van der Waals surface area contributed by atoms with Gasteiger partial charge < -0.3 is 14.5 Å². The molecule has 7 heteroatoms. The molecule has 0 amide bonds. The molecule has 0 bridgehead atoms. The lowest BCUT2D eigenvalue weighted by Crippen LogP contribution is -2.18. The van der Waals surface area contributed by atoms with Gasteiger partial charge in [0.2, 0.25) is 5.89 Å². The lowest BCUT2D eigenvalue weighted by Gasteiger charge is -2.09. The van der Waals surface area contributed by atoms with Crippen molar-refractivity contribution < 1.29 is 9.15 Å². The van der Waals surface area contributed by atoms with Crippen LogP contribution in [0.3, 0.4) is 0 Å². The van der Waals surface area contributed by atoms with E-state index in [1.807, 2.05) is 12.1 Å². The summed E-state index contributed by atoms with van der Waals surface area (Å²) in [6.45, 7) is 4.05. The monoisotopic (exact) mass is 357 g/mol. The molecule has 0 aliphatic heterocycles. The summed E-state index contributed by atoms with van der Waals surface area (Å²) < 4.78 is 11.5. The normalized spacial score (nSPS) is 10.9. The number of benzene rings is 1. The molecule has 0 unspecified atom stereocenters. The summed E-state index contributed by atoms with van der Waals surface area (Å²) >= 11 is 4.97. The number of hydrogen-bond acceptors (Lipinski definition) is 6. The van der Waals surface area contributed by atoms with E-state index >= 15 is 0 Å². The number of aryl methyl sites for hydroxylation is 1. The maximum atomic E-state index is 5.40. The van der Waals surface area contributed by atoms with Gasteiger partial charge in [-0.25, -0.2) is 0 Å². The zero-order valence-electron chi connectivity index (χ0n) is 11.4. The molecule has 0 spiro atoms. The number of methoxy groups -OCH3 is 1. The maximum Gasteiger partial charge on any atom is 0.281 e. The molecule has 0 atom stereocenters. The van der Waals surface area contributed by atoms with Gasteiger partial charge in [0.25, 0.3) is 5.22 Å². The largest absolute Gasteiger partial charge is 0.416 e. The van der Waals surface area contributed by atoms with Gasteiger partial charge in [-0.15, -0.1) is 10.2 Å². The predicted molar refractivity (Wildman–Crippen MR) is 80.9 cm³/mol. The molecule has 5 nitrogen and oxygen atoms in total. The number of nitrogens with zero attached hydrogens (tertiary/aromatic N) is 2. The van der Waals surface area contributed by atoms with Gasteiger partial charge in [0.15, 0.2) is 0 Å². The van der Waals surface area contributed by atoms with E-state index in [-0.39, 0.29) is 0 Å². The highest BCUT2D eigenvalue weighted by atomic mass is 79.9. The van der Waals surface area contributed by atoms with Crippen molar-refractivity contribution >= 4 is 27.7 Å². The highest BCUT2D eigenvalue weighted by Gasteiger charge is 2.09. The fourth-order valence-corrected chi connectivity index (χ4v) is 2.84. The summed E-state index contributed by atoms with van der Waals surface area (Å²) in [5.41, 5.74) is 1.18. The first-order chi connectivity index (χ1) is 9.69. The Labute approximate surface area is 130 Å². The van der Waals surface area contributed by atoms with Crippen molar-refractivity contribution in [3.05, 3.63) is 34.1 Å². The predicted octanol–water partition coefficient (Wildman–Crippen LogP) is 3.03.